The Balaban J connectivity index is 1.46. The molecule has 29 heavy (non-hydrogen) atoms. The van der Waals surface area contributed by atoms with E-state index >= 15 is 0 Å². The predicted molar refractivity (Wildman–Crippen MR) is 115 cm³/mol. The molecular formula is C20H21N3O3S3. The van der Waals surface area contributed by atoms with Crippen LogP contribution in [0.15, 0.2) is 57.0 Å². The molecule has 9 heteroatoms. The summed E-state index contributed by atoms with van der Waals surface area (Å²) in [7, 11) is -3.48. The highest BCUT2D eigenvalue weighted by molar-refractivity contribution is 7.89. The summed E-state index contributed by atoms with van der Waals surface area (Å²) < 4.78 is 34.6. The van der Waals surface area contributed by atoms with E-state index in [2.05, 4.69) is 27.5 Å². The average molecular weight is 448 g/mol. The Morgan fingerprint density at radius 2 is 1.79 bits per heavy atom. The molecule has 5 rings (SSSR count). The number of benzene rings is 1. The van der Waals surface area contributed by atoms with Crippen LogP contribution in [0.5, 0.6) is 0 Å². The van der Waals surface area contributed by atoms with Crippen LogP contribution in [0, 0.1) is 0 Å². The number of aromatic nitrogens is 1. The van der Waals surface area contributed by atoms with E-state index in [0.29, 0.717) is 37.2 Å². The third-order valence-corrected chi connectivity index (χ3v) is 8.74. The maximum absolute atomic E-state index is 12.8. The minimum absolute atomic E-state index is 0.305. The molecule has 2 aromatic heterocycles. The van der Waals surface area contributed by atoms with Gasteiger partial charge in [0.25, 0.3) is 0 Å². The molecular weight excluding hydrogens is 426 g/mol. The molecule has 0 atom stereocenters. The van der Waals surface area contributed by atoms with E-state index in [4.69, 9.17) is 9.73 Å². The number of thiazole rings is 1. The van der Waals surface area contributed by atoms with Gasteiger partial charge in [0.05, 0.1) is 34.4 Å². The van der Waals surface area contributed by atoms with Crippen LogP contribution in [-0.2, 0) is 14.8 Å². The molecule has 1 saturated heterocycles. The van der Waals surface area contributed by atoms with Gasteiger partial charge in [0.1, 0.15) is 0 Å². The summed E-state index contributed by atoms with van der Waals surface area (Å²) in [5.74, 6) is 0. The molecule has 0 amide bonds. The molecule has 1 aliphatic heterocycles. The standard InChI is InChI=1S/C20H21N3O3S3/c24-29(25,22-9-11-26-12-10-22)17-7-3-15(4-8-17)21-20-23(16-5-6-16)18(14-28-20)19-2-1-13-27-19/h1-4,7-8,13-14,16H,5-6,9-12H2. The first-order valence-electron chi connectivity index (χ1n) is 9.59. The first-order valence-corrected chi connectivity index (χ1v) is 12.8. The largest absolute Gasteiger partial charge is 0.379 e. The molecule has 0 unspecified atom stereocenters. The minimum atomic E-state index is -3.48. The van der Waals surface area contributed by atoms with Crippen LogP contribution in [0.3, 0.4) is 0 Å². The van der Waals surface area contributed by atoms with Crippen molar-refractivity contribution in [3.05, 3.63) is 52.0 Å². The van der Waals surface area contributed by atoms with Gasteiger partial charge in [-0.05, 0) is 48.6 Å². The van der Waals surface area contributed by atoms with E-state index in [0.717, 1.165) is 10.5 Å². The van der Waals surface area contributed by atoms with E-state index < -0.39 is 10.0 Å². The molecule has 6 nitrogen and oxygen atoms in total. The van der Waals surface area contributed by atoms with E-state index in [-0.39, 0.29) is 0 Å². The summed E-state index contributed by atoms with van der Waals surface area (Å²) >= 11 is 3.37. The SMILES string of the molecule is O=S(=O)(c1ccc(N=c2scc(-c3cccs3)n2C2CC2)cc1)N1CCOCC1. The van der Waals surface area contributed by atoms with Gasteiger partial charge >= 0.3 is 0 Å². The Kier molecular flexibility index (Phi) is 5.17. The van der Waals surface area contributed by atoms with Gasteiger partial charge in [-0.2, -0.15) is 4.31 Å². The lowest BCUT2D eigenvalue weighted by Gasteiger charge is -2.26. The van der Waals surface area contributed by atoms with E-state index in [9.17, 15) is 8.42 Å². The Labute approximate surface area is 177 Å². The van der Waals surface area contributed by atoms with Crippen molar-refractivity contribution in [1.82, 2.24) is 8.87 Å². The van der Waals surface area contributed by atoms with Crippen LogP contribution < -0.4 is 4.80 Å². The summed E-state index contributed by atoms with van der Waals surface area (Å²) in [5.41, 5.74) is 1.98. The average Bonchev–Trinajstić information content (AvgIpc) is 3.27. The van der Waals surface area contributed by atoms with Crippen LogP contribution in [0.25, 0.3) is 10.6 Å². The van der Waals surface area contributed by atoms with Gasteiger partial charge in [-0.3, -0.25) is 0 Å². The second-order valence-corrected chi connectivity index (χ2v) is 10.8. The van der Waals surface area contributed by atoms with E-state index in [1.807, 2.05) is 0 Å². The number of nitrogens with zero attached hydrogens (tertiary/aromatic N) is 3. The van der Waals surface area contributed by atoms with Crippen LogP contribution in [0.4, 0.5) is 5.69 Å². The summed E-state index contributed by atoms with van der Waals surface area (Å²) in [6.45, 7) is 1.69. The van der Waals surface area contributed by atoms with E-state index in [1.165, 1.54) is 27.7 Å². The summed E-state index contributed by atoms with van der Waals surface area (Å²) in [6, 6.07) is 11.6. The second kappa shape index (κ2) is 7.81. The summed E-state index contributed by atoms with van der Waals surface area (Å²) in [4.78, 5) is 7.34. The van der Waals surface area contributed by atoms with Crippen molar-refractivity contribution >= 4 is 38.4 Å². The lowest BCUT2D eigenvalue weighted by Crippen LogP contribution is -2.40. The fraction of sp³-hybridized carbons (Fsp3) is 0.350. The minimum Gasteiger partial charge on any atom is -0.379 e. The zero-order valence-corrected chi connectivity index (χ0v) is 18.2. The van der Waals surface area contributed by atoms with Gasteiger partial charge in [0.2, 0.25) is 10.0 Å². The highest BCUT2D eigenvalue weighted by atomic mass is 32.2. The molecule has 3 heterocycles. The highest BCUT2D eigenvalue weighted by Crippen LogP contribution is 2.39. The summed E-state index contributed by atoms with van der Waals surface area (Å²) in [5, 5.41) is 4.26. The highest BCUT2D eigenvalue weighted by Gasteiger charge is 2.28. The van der Waals surface area contributed by atoms with Crippen molar-refractivity contribution < 1.29 is 13.2 Å². The van der Waals surface area contributed by atoms with Crippen LogP contribution in [0.2, 0.25) is 0 Å². The molecule has 1 aromatic carbocycles. The number of morpholine rings is 1. The Morgan fingerprint density at radius 3 is 2.45 bits per heavy atom. The maximum Gasteiger partial charge on any atom is 0.243 e. The van der Waals surface area contributed by atoms with Gasteiger partial charge in [-0.15, -0.1) is 22.7 Å². The molecule has 0 spiro atoms. The number of hydrogen-bond acceptors (Lipinski definition) is 6. The maximum atomic E-state index is 12.8. The van der Waals surface area contributed by atoms with Gasteiger partial charge in [0, 0.05) is 24.5 Å². The topological polar surface area (TPSA) is 63.9 Å². The molecule has 0 radical (unpaired) electrons. The van der Waals surface area contributed by atoms with Crippen molar-refractivity contribution in [2.75, 3.05) is 26.3 Å². The Morgan fingerprint density at radius 1 is 1.03 bits per heavy atom. The van der Waals surface area contributed by atoms with Gasteiger partial charge in [-0.1, -0.05) is 6.07 Å². The quantitative estimate of drug-likeness (QED) is 0.597. The van der Waals surface area contributed by atoms with Crippen LogP contribution in [0.1, 0.15) is 18.9 Å². The molecule has 0 bridgehead atoms. The normalized spacial score (nSPS) is 19.0. The first-order chi connectivity index (χ1) is 14.1. The summed E-state index contributed by atoms with van der Waals surface area (Å²) in [6.07, 6.45) is 2.36. The molecule has 2 aliphatic rings. The zero-order valence-electron chi connectivity index (χ0n) is 15.7. The van der Waals surface area contributed by atoms with Crippen LogP contribution in [-0.4, -0.2) is 43.6 Å². The van der Waals surface area contributed by atoms with Crippen molar-refractivity contribution in [2.24, 2.45) is 4.99 Å². The Hall–Kier alpha value is -1.78. The third kappa shape index (κ3) is 3.85. The number of hydrogen-bond donors (Lipinski definition) is 0. The first kappa shape index (κ1) is 19.2. The monoisotopic (exact) mass is 447 g/mol. The molecule has 152 valence electrons. The smallest absolute Gasteiger partial charge is 0.243 e. The number of ether oxygens (including phenoxy) is 1. The zero-order chi connectivity index (χ0) is 19.8. The van der Waals surface area contributed by atoms with Gasteiger partial charge < -0.3 is 9.30 Å². The van der Waals surface area contributed by atoms with Crippen molar-refractivity contribution in [1.29, 1.82) is 0 Å². The Bertz CT molecular complexity index is 1150. The molecule has 2 fully saturated rings. The van der Waals surface area contributed by atoms with Crippen LogP contribution >= 0.6 is 22.7 Å². The lowest BCUT2D eigenvalue weighted by atomic mass is 10.3. The predicted octanol–water partition coefficient (Wildman–Crippen LogP) is 3.87. The van der Waals surface area contributed by atoms with Gasteiger partial charge in [-0.25, -0.2) is 13.4 Å². The fourth-order valence-corrected chi connectivity index (χ4v) is 6.63. The molecule has 1 saturated carbocycles. The van der Waals surface area contributed by atoms with Gasteiger partial charge in [0.15, 0.2) is 4.80 Å². The molecule has 1 aliphatic carbocycles. The molecule has 0 N–H and O–H groups in total. The number of sulfonamides is 1. The van der Waals surface area contributed by atoms with Crippen molar-refractivity contribution in [3.63, 3.8) is 0 Å². The number of thiophene rings is 1. The third-order valence-electron chi connectivity index (χ3n) is 5.10. The second-order valence-electron chi connectivity index (χ2n) is 7.10. The number of rotatable bonds is 5. The lowest BCUT2D eigenvalue weighted by molar-refractivity contribution is 0.0730. The molecule has 3 aromatic rings. The van der Waals surface area contributed by atoms with E-state index in [1.54, 1.807) is 46.9 Å². The van der Waals surface area contributed by atoms with Crippen molar-refractivity contribution in [3.8, 4) is 10.6 Å². The van der Waals surface area contributed by atoms with Crippen molar-refractivity contribution in [2.45, 2.75) is 23.8 Å². The fourth-order valence-electron chi connectivity index (χ4n) is 3.43.